The summed E-state index contributed by atoms with van der Waals surface area (Å²) in [6.07, 6.45) is 0. The van der Waals surface area contributed by atoms with Gasteiger partial charge in [0.25, 0.3) is 0 Å². The summed E-state index contributed by atoms with van der Waals surface area (Å²) in [5, 5.41) is 7.71. The third kappa shape index (κ3) is 4.55. The first-order valence-electron chi connectivity index (χ1n) is 16.7. The van der Waals surface area contributed by atoms with Gasteiger partial charge in [0, 0.05) is 59.1 Å². The first-order chi connectivity index (χ1) is 24.3. The summed E-state index contributed by atoms with van der Waals surface area (Å²) >= 11 is 1.86. The number of hydrogen-bond acceptors (Lipinski definition) is 2. The fourth-order valence-corrected chi connectivity index (χ4v) is 8.62. The van der Waals surface area contributed by atoms with Crippen molar-refractivity contribution in [1.82, 2.24) is 4.57 Å². The molecule has 0 amide bonds. The number of aromatic nitrogens is 1. The summed E-state index contributed by atoms with van der Waals surface area (Å²) in [5.74, 6) is 0. The van der Waals surface area contributed by atoms with Crippen LogP contribution in [0.15, 0.2) is 182 Å². The molecule has 0 fully saturated rings. The molecule has 0 aliphatic carbocycles. The van der Waals surface area contributed by atoms with Crippen LogP contribution in [0.3, 0.4) is 0 Å². The van der Waals surface area contributed by atoms with Gasteiger partial charge in [-0.2, -0.15) is 0 Å². The van der Waals surface area contributed by atoms with Crippen molar-refractivity contribution in [3.8, 4) is 16.8 Å². The predicted octanol–water partition coefficient (Wildman–Crippen LogP) is 13.4. The second kappa shape index (κ2) is 11.2. The molecule has 49 heavy (non-hydrogen) atoms. The number of anilines is 3. The summed E-state index contributed by atoms with van der Waals surface area (Å²) in [5.41, 5.74) is 9.45. The zero-order valence-electron chi connectivity index (χ0n) is 26.6. The van der Waals surface area contributed by atoms with Gasteiger partial charge in [0.15, 0.2) is 0 Å². The number of thiophene rings is 1. The van der Waals surface area contributed by atoms with Gasteiger partial charge in [-0.05, 0) is 77.2 Å². The average molecular weight is 643 g/mol. The van der Waals surface area contributed by atoms with Crippen molar-refractivity contribution in [3.63, 3.8) is 0 Å². The molecule has 0 aliphatic rings. The lowest BCUT2D eigenvalue weighted by atomic mass is 10.0. The van der Waals surface area contributed by atoms with Crippen molar-refractivity contribution in [2.24, 2.45) is 0 Å². The number of fused-ring (bicyclic) bond motifs is 8. The molecule has 2 aromatic heterocycles. The molecule has 10 rings (SSSR count). The minimum atomic E-state index is 1.13. The number of hydrogen-bond donors (Lipinski definition) is 0. The van der Waals surface area contributed by atoms with Gasteiger partial charge in [-0.3, -0.25) is 0 Å². The van der Waals surface area contributed by atoms with E-state index in [-0.39, 0.29) is 0 Å². The molecule has 0 aliphatic heterocycles. The van der Waals surface area contributed by atoms with Crippen LogP contribution in [0, 0.1) is 0 Å². The molecule has 0 saturated heterocycles. The van der Waals surface area contributed by atoms with Crippen LogP contribution < -0.4 is 4.90 Å². The van der Waals surface area contributed by atoms with E-state index in [0.717, 1.165) is 22.7 Å². The van der Waals surface area contributed by atoms with Crippen molar-refractivity contribution >= 4 is 81.1 Å². The van der Waals surface area contributed by atoms with Crippen molar-refractivity contribution in [3.05, 3.63) is 182 Å². The second-order valence-corrected chi connectivity index (χ2v) is 13.7. The highest BCUT2D eigenvalue weighted by Crippen LogP contribution is 2.41. The Balaban J connectivity index is 1.03. The molecule has 2 nitrogen and oxygen atoms in total. The van der Waals surface area contributed by atoms with E-state index in [0.29, 0.717) is 0 Å². The van der Waals surface area contributed by atoms with Crippen LogP contribution in [0.5, 0.6) is 0 Å². The molecule has 0 unspecified atom stereocenters. The van der Waals surface area contributed by atoms with Gasteiger partial charge in [0.2, 0.25) is 0 Å². The van der Waals surface area contributed by atoms with Gasteiger partial charge in [-0.1, -0.05) is 121 Å². The Kier molecular flexibility index (Phi) is 6.39. The van der Waals surface area contributed by atoms with Gasteiger partial charge in [0.1, 0.15) is 0 Å². The predicted molar refractivity (Wildman–Crippen MR) is 211 cm³/mol. The Bertz CT molecular complexity index is 2810. The van der Waals surface area contributed by atoms with Gasteiger partial charge < -0.3 is 9.47 Å². The number of nitrogens with zero attached hydrogens (tertiary/aromatic N) is 2. The minimum Gasteiger partial charge on any atom is -0.310 e. The van der Waals surface area contributed by atoms with Crippen LogP contribution in [-0.2, 0) is 0 Å². The van der Waals surface area contributed by atoms with Crippen molar-refractivity contribution in [2.45, 2.75) is 0 Å². The van der Waals surface area contributed by atoms with Gasteiger partial charge in [-0.25, -0.2) is 0 Å². The SMILES string of the molecule is c1ccc(N(c2ccc(-c3ccc(-n4c5ccccc5c5ccc6ccccc6c54)cc3)cc2)c2ccc3c(c2)sc2ccccc23)cc1. The van der Waals surface area contributed by atoms with Gasteiger partial charge in [-0.15, -0.1) is 11.3 Å². The second-order valence-electron chi connectivity index (χ2n) is 12.6. The molecule has 0 radical (unpaired) electrons. The highest BCUT2D eigenvalue weighted by Gasteiger charge is 2.17. The average Bonchev–Trinajstić information content (AvgIpc) is 3.72. The topological polar surface area (TPSA) is 8.17 Å². The Morgan fingerprint density at radius 1 is 0.388 bits per heavy atom. The van der Waals surface area contributed by atoms with E-state index in [1.54, 1.807) is 0 Å². The van der Waals surface area contributed by atoms with Crippen LogP contribution in [0.2, 0.25) is 0 Å². The van der Waals surface area contributed by atoms with E-state index in [4.69, 9.17) is 0 Å². The summed E-state index contributed by atoms with van der Waals surface area (Å²) in [7, 11) is 0. The first-order valence-corrected chi connectivity index (χ1v) is 17.5. The van der Waals surface area contributed by atoms with Crippen LogP contribution in [0.25, 0.3) is 69.6 Å². The van der Waals surface area contributed by atoms with Crippen LogP contribution in [0.4, 0.5) is 17.1 Å². The van der Waals surface area contributed by atoms with E-state index in [1.165, 1.54) is 63.9 Å². The van der Waals surface area contributed by atoms with Crippen molar-refractivity contribution < 1.29 is 0 Å². The lowest BCUT2D eigenvalue weighted by Gasteiger charge is -2.25. The summed E-state index contributed by atoms with van der Waals surface area (Å²) < 4.78 is 5.04. The van der Waals surface area contributed by atoms with E-state index < -0.39 is 0 Å². The summed E-state index contributed by atoms with van der Waals surface area (Å²) in [6, 6.07) is 66.1. The molecule has 0 N–H and O–H groups in total. The van der Waals surface area contributed by atoms with Crippen LogP contribution in [-0.4, -0.2) is 4.57 Å². The van der Waals surface area contributed by atoms with Crippen molar-refractivity contribution in [2.75, 3.05) is 4.90 Å². The number of rotatable bonds is 5. The molecule has 0 spiro atoms. The quantitative estimate of drug-likeness (QED) is 0.181. The van der Waals surface area contributed by atoms with Crippen LogP contribution in [0.1, 0.15) is 0 Å². The maximum atomic E-state index is 2.42. The molecule has 0 saturated carbocycles. The summed E-state index contributed by atoms with van der Waals surface area (Å²) in [4.78, 5) is 2.35. The standard InChI is InChI=1S/C46H30N2S/c1-2-11-34(12-3-1)47(37-27-29-41-40-15-7-9-17-44(40)49-45(41)30-37)35-23-18-31(19-24-35)32-20-25-36(26-21-32)48-43-16-8-6-14-39(43)42-28-22-33-10-4-5-13-38(33)46(42)48/h1-30H. The third-order valence-corrected chi connectivity index (χ3v) is 10.9. The minimum absolute atomic E-state index is 1.13. The van der Waals surface area contributed by atoms with Crippen molar-refractivity contribution in [1.29, 1.82) is 0 Å². The van der Waals surface area contributed by atoms with E-state index in [1.807, 2.05) is 11.3 Å². The maximum Gasteiger partial charge on any atom is 0.0619 e. The fraction of sp³-hybridized carbons (Fsp3) is 0. The Labute approximate surface area is 288 Å². The highest BCUT2D eigenvalue weighted by atomic mass is 32.1. The molecule has 8 aromatic carbocycles. The Hall–Kier alpha value is -6.16. The van der Waals surface area contributed by atoms with Gasteiger partial charge >= 0.3 is 0 Å². The number of benzene rings is 8. The smallest absolute Gasteiger partial charge is 0.0619 e. The van der Waals surface area contributed by atoms with E-state index in [2.05, 4.69) is 191 Å². The van der Waals surface area contributed by atoms with E-state index in [9.17, 15) is 0 Å². The largest absolute Gasteiger partial charge is 0.310 e. The first kappa shape index (κ1) is 27.9. The van der Waals surface area contributed by atoms with Crippen LogP contribution >= 0.6 is 11.3 Å². The third-order valence-electron chi connectivity index (χ3n) is 9.78. The number of para-hydroxylation sites is 2. The lowest BCUT2D eigenvalue weighted by molar-refractivity contribution is 1.19. The molecule has 0 atom stereocenters. The summed E-state index contributed by atoms with van der Waals surface area (Å²) in [6.45, 7) is 0. The maximum absolute atomic E-state index is 2.42. The normalized spacial score (nSPS) is 11.7. The zero-order valence-corrected chi connectivity index (χ0v) is 27.4. The fourth-order valence-electron chi connectivity index (χ4n) is 7.48. The molecular weight excluding hydrogens is 613 g/mol. The van der Waals surface area contributed by atoms with Gasteiger partial charge in [0.05, 0.1) is 11.0 Å². The molecule has 230 valence electrons. The Morgan fingerprint density at radius 3 is 1.80 bits per heavy atom. The zero-order chi connectivity index (χ0) is 32.3. The molecule has 2 heterocycles. The monoisotopic (exact) mass is 642 g/mol. The molecule has 10 aromatic rings. The Morgan fingerprint density at radius 2 is 0.980 bits per heavy atom. The molecule has 0 bridgehead atoms. The lowest BCUT2D eigenvalue weighted by Crippen LogP contribution is -2.09. The van der Waals surface area contributed by atoms with E-state index >= 15 is 0 Å². The molecule has 3 heteroatoms. The highest BCUT2D eigenvalue weighted by molar-refractivity contribution is 7.25. The molecular formula is C46H30N2S.